The fourth-order valence-corrected chi connectivity index (χ4v) is 5.50. The van der Waals surface area contributed by atoms with Crippen LogP contribution in [-0.4, -0.2) is 63.4 Å². The third-order valence-corrected chi connectivity index (χ3v) is 8.31. The molecule has 1 heterocycles. The van der Waals surface area contributed by atoms with E-state index in [-0.39, 0.29) is 23.2 Å². The molecule has 1 fully saturated rings. The van der Waals surface area contributed by atoms with E-state index in [0.717, 1.165) is 11.3 Å². The Morgan fingerprint density at radius 2 is 1.62 bits per heavy atom. The van der Waals surface area contributed by atoms with E-state index >= 15 is 0 Å². The van der Waals surface area contributed by atoms with E-state index in [4.69, 9.17) is 4.74 Å². The Balaban J connectivity index is 1.49. The van der Waals surface area contributed by atoms with Crippen molar-refractivity contribution in [2.45, 2.75) is 25.3 Å². The minimum atomic E-state index is -3.72. The van der Waals surface area contributed by atoms with Crippen LogP contribution in [0.1, 0.15) is 28.4 Å². The number of halogens is 1. The number of benzene rings is 3. The molecule has 0 radical (unpaired) electrons. The molecule has 4 rings (SSSR count). The summed E-state index contributed by atoms with van der Waals surface area (Å²) in [5.74, 6) is 0.152. The van der Waals surface area contributed by atoms with Crippen LogP contribution in [0.4, 0.5) is 10.1 Å². The first kappa shape index (κ1) is 26.6. The quantitative estimate of drug-likeness (QED) is 0.438. The average molecular weight is 526 g/mol. The van der Waals surface area contributed by atoms with Crippen LogP contribution in [-0.2, 0) is 16.6 Å². The largest absolute Gasteiger partial charge is 0.494 e. The molecule has 1 aliphatic rings. The smallest absolute Gasteiger partial charge is 0.253 e. The summed E-state index contributed by atoms with van der Waals surface area (Å²) in [6, 6.07) is 18.2. The molecule has 0 atom stereocenters. The highest BCUT2D eigenvalue weighted by Crippen LogP contribution is 2.26. The second-order valence-corrected chi connectivity index (χ2v) is 11.1. The summed E-state index contributed by atoms with van der Waals surface area (Å²) in [5.41, 5.74) is 3.00. The summed E-state index contributed by atoms with van der Waals surface area (Å²) in [6.45, 7) is 6.57. The van der Waals surface area contributed by atoms with Crippen molar-refractivity contribution in [1.82, 2.24) is 9.21 Å². The van der Waals surface area contributed by atoms with Crippen LogP contribution in [0.25, 0.3) is 0 Å². The Labute approximate surface area is 218 Å². The van der Waals surface area contributed by atoms with Crippen molar-refractivity contribution < 1.29 is 22.3 Å². The predicted molar refractivity (Wildman–Crippen MR) is 142 cm³/mol. The van der Waals surface area contributed by atoms with Gasteiger partial charge >= 0.3 is 0 Å². The lowest BCUT2D eigenvalue weighted by Gasteiger charge is -2.36. The Hall–Kier alpha value is -3.43. The number of carbonyl (C=O) groups excluding carboxylic acids is 1. The first-order valence-corrected chi connectivity index (χ1v) is 13.7. The molecule has 3 aromatic carbocycles. The number of carbonyl (C=O) groups is 1. The van der Waals surface area contributed by atoms with Gasteiger partial charge in [-0.3, -0.25) is 4.79 Å². The summed E-state index contributed by atoms with van der Waals surface area (Å²) in [7, 11) is -2.20. The van der Waals surface area contributed by atoms with E-state index in [1.807, 2.05) is 13.8 Å². The van der Waals surface area contributed by atoms with Gasteiger partial charge in [-0.2, -0.15) is 4.31 Å². The molecular weight excluding hydrogens is 493 g/mol. The van der Waals surface area contributed by atoms with E-state index in [2.05, 4.69) is 4.90 Å². The standard InChI is InChI=1S/C28H32FN3O4S/c1-4-36-27-14-7-22(19-23(27)20-30(3)37(34,35)26-12-5-21(2)6-13-26)28(33)32-17-15-31(16-18-32)25-10-8-24(29)9-11-25/h5-14,19H,4,15-18,20H2,1-3H3. The first-order valence-electron chi connectivity index (χ1n) is 12.3. The summed E-state index contributed by atoms with van der Waals surface area (Å²) >= 11 is 0. The van der Waals surface area contributed by atoms with Crippen LogP contribution in [0.2, 0.25) is 0 Å². The van der Waals surface area contributed by atoms with Crippen molar-refractivity contribution in [3.05, 3.63) is 89.2 Å². The Morgan fingerprint density at radius 3 is 2.24 bits per heavy atom. The van der Waals surface area contributed by atoms with Crippen molar-refractivity contribution >= 4 is 21.6 Å². The summed E-state index contributed by atoms with van der Waals surface area (Å²) < 4.78 is 46.5. The molecule has 1 aliphatic heterocycles. The monoisotopic (exact) mass is 525 g/mol. The molecule has 9 heteroatoms. The number of ether oxygens (including phenoxy) is 1. The average Bonchev–Trinajstić information content (AvgIpc) is 2.90. The number of aryl methyl sites for hydroxylation is 1. The van der Waals surface area contributed by atoms with Gasteiger partial charge in [0.1, 0.15) is 11.6 Å². The highest BCUT2D eigenvalue weighted by molar-refractivity contribution is 7.89. The SMILES string of the molecule is CCOc1ccc(C(=O)N2CCN(c3ccc(F)cc3)CC2)cc1CN(C)S(=O)(=O)c1ccc(C)cc1. The molecule has 0 unspecified atom stereocenters. The van der Waals surface area contributed by atoms with E-state index in [1.54, 1.807) is 59.5 Å². The third kappa shape index (κ3) is 6.11. The van der Waals surface area contributed by atoms with E-state index < -0.39 is 10.0 Å². The number of anilines is 1. The van der Waals surface area contributed by atoms with Gasteiger partial charge in [-0.15, -0.1) is 0 Å². The first-order chi connectivity index (χ1) is 17.7. The predicted octanol–water partition coefficient (Wildman–Crippen LogP) is 4.32. The van der Waals surface area contributed by atoms with Crippen LogP contribution in [0.3, 0.4) is 0 Å². The van der Waals surface area contributed by atoms with Crippen molar-refractivity contribution in [1.29, 1.82) is 0 Å². The second-order valence-electron chi connectivity index (χ2n) is 9.09. The number of sulfonamides is 1. The maximum atomic E-state index is 13.3. The number of piperazine rings is 1. The number of hydrogen-bond acceptors (Lipinski definition) is 5. The Bertz CT molecular complexity index is 1340. The van der Waals surface area contributed by atoms with E-state index in [9.17, 15) is 17.6 Å². The van der Waals surface area contributed by atoms with Crippen LogP contribution in [0.15, 0.2) is 71.6 Å². The van der Waals surface area contributed by atoms with Crippen LogP contribution < -0.4 is 9.64 Å². The molecule has 0 aromatic heterocycles. The van der Waals surface area contributed by atoms with Crippen molar-refractivity contribution in [2.75, 3.05) is 44.7 Å². The molecule has 1 amide bonds. The molecule has 0 N–H and O–H groups in total. The molecule has 3 aromatic rings. The van der Waals surface area contributed by atoms with Crippen LogP contribution in [0.5, 0.6) is 5.75 Å². The number of amides is 1. The molecular formula is C28H32FN3O4S. The number of rotatable bonds is 8. The topological polar surface area (TPSA) is 70.2 Å². The summed E-state index contributed by atoms with van der Waals surface area (Å²) in [4.78, 5) is 17.4. The van der Waals surface area contributed by atoms with Gasteiger partial charge in [-0.1, -0.05) is 17.7 Å². The van der Waals surface area contributed by atoms with Crippen molar-refractivity contribution in [2.24, 2.45) is 0 Å². The van der Waals surface area contributed by atoms with Gasteiger partial charge in [0.2, 0.25) is 10.0 Å². The third-order valence-electron chi connectivity index (χ3n) is 6.49. The summed E-state index contributed by atoms with van der Waals surface area (Å²) in [5, 5.41) is 0. The number of hydrogen-bond donors (Lipinski definition) is 0. The van der Waals surface area contributed by atoms with Gasteiger partial charge in [-0.05, 0) is 68.4 Å². The normalized spacial score (nSPS) is 14.2. The van der Waals surface area contributed by atoms with Gasteiger partial charge in [0.15, 0.2) is 0 Å². The lowest BCUT2D eigenvalue weighted by molar-refractivity contribution is 0.0746. The van der Waals surface area contributed by atoms with E-state index in [1.165, 1.54) is 23.5 Å². The zero-order chi connectivity index (χ0) is 26.6. The second kappa shape index (κ2) is 11.3. The molecule has 1 saturated heterocycles. The van der Waals surface area contributed by atoms with Crippen LogP contribution in [0, 0.1) is 12.7 Å². The van der Waals surface area contributed by atoms with E-state index in [0.29, 0.717) is 49.7 Å². The van der Waals surface area contributed by atoms with Gasteiger partial charge in [-0.25, -0.2) is 12.8 Å². The molecule has 37 heavy (non-hydrogen) atoms. The molecule has 0 saturated carbocycles. The molecule has 196 valence electrons. The fraction of sp³-hybridized carbons (Fsp3) is 0.321. The van der Waals surface area contributed by atoms with Crippen molar-refractivity contribution in [3.8, 4) is 5.75 Å². The van der Waals surface area contributed by atoms with Crippen LogP contribution >= 0.6 is 0 Å². The van der Waals surface area contributed by atoms with Gasteiger partial charge < -0.3 is 14.5 Å². The van der Waals surface area contributed by atoms with Crippen molar-refractivity contribution in [3.63, 3.8) is 0 Å². The highest BCUT2D eigenvalue weighted by atomic mass is 32.2. The minimum Gasteiger partial charge on any atom is -0.494 e. The number of nitrogens with zero attached hydrogens (tertiary/aromatic N) is 3. The summed E-state index contributed by atoms with van der Waals surface area (Å²) in [6.07, 6.45) is 0. The lowest BCUT2D eigenvalue weighted by Crippen LogP contribution is -2.48. The minimum absolute atomic E-state index is 0.0605. The molecule has 0 aliphatic carbocycles. The zero-order valence-electron chi connectivity index (χ0n) is 21.4. The fourth-order valence-electron chi connectivity index (χ4n) is 4.35. The molecule has 7 nitrogen and oxygen atoms in total. The molecule has 0 bridgehead atoms. The van der Waals surface area contributed by atoms with Gasteiger partial charge in [0.05, 0.1) is 11.5 Å². The van der Waals surface area contributed by atoms with Gasteiger partial charge in [0, 0.05) is 56.6 Å². The van der Waals surface area contributed by atoms with Gasteiger partial charge in [0.25, 0.3) is 5.91 Å². The Kier molecular flexibility index (Phi) is 8.14. The Morgan fingerprint density at radius 1 is 0.973 bits per heavy atom. The molecule has 0 spiro atoms. The zero-order valence-corrected chi connectivity index (χ0v) is 22.2. The highest BCUT2D eigenvalue weighted by Gasteiger charge is 2.25. The maximum Gasteiger partial charge on any atom is 0.253 e. The lowest BCUT2D eigenvalue weighted by atomic mass is 10.1. The maximum absolute atomic E-state index is 13.3.